The molecule has 1 aromatic carbocycles. The Balaban J connectivity index is 0.00000113. The zero-order chi connectivity index (χ0) is 23.8. The summed E-state index contributed by atoms with van der Waals surface area (Å²) in [6.07, 6.45) is 1.49. The van der Waals surface area contributed by atoms with Crippen molar-refractivity contribution >= 4 is 25.2 Å². The molecular formula is C21H31ClN4O4S. The molecule has 0 spiro atoms. The molecule has 0 amide bonds. The van der Waals surface area contributed by atoms with E-state index >= 15 is 0 Å². The molecule has 2 aromatic heterocycles. The van der Waals surface area contributed by atoms with Gasteiger partial charge in [0.2, 0.25) is 0 Å². The zero-order valence-electron chi connectivity index (χ0n) is 19.1. The number of nitrogens with zero attached hydrogens (tertiary/aromatic N) is 3. The molecule has 3 aromatic rings. The summed E-state index contributed by atoms with van der Waals surface area (Å²) < 4.78 is 30.5. The lowest BCUT2D eigenvalue weighted by molar-refractivity contribution is 0.341. The predicted octanol–water partition coefficient (Wildman–Crippen LogP) is 4.72. The second-order valence-corrected chi connectivity index (χ2v) is 8.52. The molecule has 0 aliphatic rings. The number of H-pyrrole nitrogens is 1. The van der Waals surface area contributed by atoms with Gasteiger partial charge in [-0.15, -0.1) is 5.10 Å². The highest BCUT2D eigenvalue weighted by Gasteiger charge is 2.19. The second-order valence-electron chi connectivity index (χ2n) is 5.96. The molecule has 10 heteroatoms. The number of ether oxygens (including phenoxy) is 1. The van der Waals surface area contributed by atoms with Gasteiger partial charge in [0.05, 0.1) is 22.8 Å². The summed E-state index contributed by atoms with van der Waals surface area (Å²) in [5.41, 5.74) is 0.905. The molecule has 3 rings (SSSR count). The summed E-state index contributed by atoms with van der Waals surface area (Å²) in [7, 11) is 1.51. The Labute approximate surface area is 188 Å². The lowest BCUT2D eigenvalue weighted by Crippen LogP contribution is -2.16. The number of aryl methyl sites for hydroxylation is 2. The molecule has 0 saturated carbocycles. The first kappa shape index (κ1) is 26.6. The monoisotopic (exact) mass is 470 g/mol. The van der Waals surface area contributed by atoms with Crippen LogP contribution in [0.2, 0.25) is 0 Å². The third-order valence-corrected chi connectivity index (χ3v) is 5.36. The van der Waals surface area contributed by atoms with Gasteiger partial charge in [0, 0.05) is 17.1 Å². The normalized spacial score (nSPS) is 10.7. The van der Waals surface area contributed by atoms with E-state index in [-0.39, 0.29) is 16.3 Å². The summed E-state index contributed by atoms with van der Waals surface area (Å²) in [6.45, 7) is 13.9. The fourth-order valence-corrected chi connectivity index (χ4v) is 3.65. The highest BCUT2D eigenvalue weighted by molar-refractivity contribution is 8.13. The molecule has 31 heavy (non-hydrogen) atoms. The smallest absolute Gasteiger partial charge is 0.277 e. The number of halogens is 1. The summed E-state index contributed by atoms with van der Waals surface area (Å²) >= 11 is 0. The maximum absolute atomic E-state index is 12.6. The minimum atomic E-state index is -3.95. The van der Waals surface area contributed by atoms with Gasteiger partial charge in [0.1, 0.15) is 11.6 Å². The number of imidazole rings is 1. The van der Waals surface area contributed by atoms with Gasteiger partial charge in [0.15, 0.2) is 11.3 Å². The Bertz CT molecular complexity index is 1170. The molecule has 172 valence electrons. The molecule has 2 heterocycles. The third kappa shape index (κ3) is 6.07. The largest absolute Gasteiger partial charge is 0.493 e. The van der Waals surface area contributed by atoms with Crippen molar-refractivity contribution in [3.63, 3.8) is 0 Å². The number of fused-ring (bicyclic) bond motifs is 1. The molecule has 0 fully saturated rings. The van der Waals surface area contributed by atoms with Crippen LogP contribution < -0.4 is 10.3 Å². The SMILES string of the molecule is CC.CC.CCCc1nc(C)c2c(=O)[nH]c(-c3cc(S(=O)(=O)Cl)ccc3OCC)nn12. The van der Waals surface area contributed by atoms with Crippen LogP contribution in [0.25, 0.3) is 16.9 Å². The second kappa shape index (κ2) is 11.9. The topological polar surface area (TPSA) is 106 Å². The predicted molar refractivity (Wildman–Crippen MR) is 125 cm³/mol. The fraction of sp³-hybridized carbons (Fsp3) is 0.476. The molecular weight excluding hydrogens is 440 g/mol. The molecule has 0 saturated heterocycles. The number of aromatic amines is 1. The van der Waals surface area contributed by atoms with Gasteiger partial charge in [-0.3, -0.25) is 4.79 Å². The van der Waals surface area contributed by atoms with Crippen molar-refractivity contribution in [2.24, 2.45) is 0 Å². The first-order chi connectivity index (χ1) is 14.8. The standard InChI is InChI=1S/C17H19ClN4O4S.2C2H6/c1-4-6-14-19-10(3)15-17(23)20-16(21-22(14)15)12-9-11(27(18,24)25)7-8-13(12)26-5-2;2*1-2/h7-9H,4-6H2,1-3H3,(H,20,21,23);2*1-2H3. The van der Waals surface area contributed by atoms with Crippen LogP contribution in [0.3, 0.4) is 0 Å². The van der Waals surface area contributed by atoms with Gasteiger partial charge < -0.3 is 9.72 Å². The molecule has 0 atom stereocenters. The van der Waals surface area contributed by atoms with Gasteiger partial charge in [-0.1, -0.05) is 34.6 Å². The van der Waals surface area contributed by atoms with E-state index < -0.39 is 9.05 Å². The molecule has 0 aliphatic carbocycles. The summed E-state index contributed by atoms with van der Waals surface area (Å²) in [6, 6.07) is 4.17. The summed E-state index contributed by atoms with van der Waals surface area (Å²) in [5, 5.41) is 4.49. The number of hydrogen-bond donors (Lipinski definition) is 1. The lowest BCUT2D eigenvalue weighted by atomic mass is 10.2. The van der Waals surface area contributed by atoms with E-state index in [1.54, 1.807) is 13.8 Å². The van der Waals surface area contributed by atoms with Crippen molar-refractivity contribution in [3.8, 4) is 17.1 Å². The molecule has 1 N–H and O–H groups in total. The van der Waals surface area contributed by atoms with Gasteiger partial charge in [-0.05, 0) is 38.5 Å². The van der Waals surface area contributed by atoms with E-state index in [4.69, 9.17) is 15.4 Å². The number of nitrogens with one attached hydrogen (secondary N) is 1. The van der Waals surface area contributed by atoms with Gasteiger partial charge in [-0.25, -0.2) is 17.9 Å². The van der Waals surface area contributed by atoms with E-state index in [0.717, 1.165) is 6.42 Å². The quantitative estimate of drug-likeness (QED) is 0.522. The Kier molecular flexibility index (Phi) is 10.2. The average molecular weight is 471 g/mol. The van der Waals surface area contributed by atoms with Crippen molar-refractivity contribution < 1.29 is 13.2 Å². The van der Waals surface area contributed by atoms with Crippen LogP contribution in [0.4, 0.5) is 0 Å². The van der Waals surface area contributed by atoms with Gasteiger partial charge in [0.25, 0.3) is 14.6 Å². The van der Waals surface area contributed by atoms with Crippen molar-refractivity contribution in [1.29, 1.82) is 0 Å². The number of rotatable bonds is 6. The van der Waals surface area contributed by atoms with Crippen LogP contribution in [-0.4, -0.2) is 34.6 Å². The Morgan fingerprint density at radius 3 is 2.35 bits per heavy atom. The first-order valence-electron chi connectivity index (χ1n) is 10.5. The minimum absolute atomic E-state index is 0.110. The molecule has 0 bridgehead atoms. The Hall–Kier alpha value is -2.39. The maximum atomic E-state index is 12.6. The van der Waals surface area contributed by atoms with E-state index in [1.807, 2.05) is 34.6 Å². The van der Waals surface area contributed by atoms with Crippen LogP contribution in [0, 0.1) is 6.92 Å². The van der Waals surface area contributed by atoms with Crippen molar-refractivity contribution in [3.05, 3.63) is 40.1 Å². The van der Waals surface area contributed by atoms with Crippen molar-refractivity contribution in [1.82, 2.24) is 19.6 Å². The van der Waals surface area contributed by atoms with Crippen LogP contribution in [-0.2, 0) is 15.5 Å². The highest BCUT2D eigenvalue weighted by atomic mass is 35.7. The van der Waals surface area contributed by atoms with Crippen LogP contribution in [0.5, 0.6) is 5.75 Å². The molecule has 0 aliphatic heterocycles. The van der Waals surface area contributed by atoms with E-state index in [2.05, 4.69) is 15.1 Å². The average Bonchev–Trinajstić information content (AvgIpc) is 3.07. The van der Waals surface area contributed by atoms with Crippen LogP contribution in [0.1, 0.15) is 59.5 Å². The van der Waals surface area contributed by atoms with Crippen LogP contribution >= 0.6 is 10.7 Å². The Morgan fingerprint density at radius 1 is 1.16 bits per heavy atom. The van der Waals surface area contributed by atoms with Crippen molar-refractivity contribution in [2.75, 3.05) is 6.61 Å². The number of aromatic nitrogens is 4. The number of hydrogen-bond acceptors (Lipinski definition) is 6. The van der Waals surface area contributed by atoms with Gasteiger partial charge >= 0.3 is 0 Å². The van der Waals surface area contributed by atoms with E-state index in [1.165, 1.54) is 22.7 Å². The van der Waals surface area contributed by atoms with Crippen molar-refractivity contribution in [2.45, 2.75) is 66.2 Å². The summed E-state index contributed by atoms with van der Waals surface area (Å²) in [5.74, 6) is 1.22. The third-order valence-electron chi connectivity index (χ3n) is 4.00. The molecule has 0 unspecified atom stereocenters. The maximum Gasteiger partial charge on any atom is 0.277 e. The molecule has 0 radical (unpaired) electrons. The van der Waals surface area contributed by atoms with Gasteiger partial charge in [-0.2, -0.15) is 0 Å². The Morgan fingerprint density at radius 2 is 1.81 bits per heavy atom. The highest BCUT2D eigenvalue weighted by Crippen LogP contribution is 2.31. The summed E-state index contributed by atoms with van der Waals surface area (Å²) in [4.78, 5) is 19.6. The first-order valence-corrected chi connectivity index (χ1v) is 12.8. The zero-order valence-corrected chi connectivity index (χ0v) is 20.7. The number of benzene rings is 1. The molecule has 8 nitrogen and oxygen atoms in total. The van der Waals surface area contributed by atoms with E-state index in [9.17, 15) is 13.2 Å². The minimum Gasteiger partial charge on any atom is -0.493 e. The van der Waals surface area contributed by atoms with E-state index in [0.29, 0.717) is 41.4 Å². The van der Waals surface area contributed by atoms with Crippen LogP contribution in [0.15, 0.2) is 27.9 Å². The fourth-order valence-electron chi connectivity index (χ4n) is 2.87. The lowest BCUT2D eigenvalue weighted by Gasteiger charge is -2.11.